The highest BCUT2D eigenvalue weighted by atomic mass is 79.9. The monoisotopic (exact) mass is 261 g/mol. The van der Waals surface area contributed by atoms with Crippen molar-refractivity contribution in [1.29, 1.82) is 0 Å². The number of rotatable bonds is 5. The zero-order valence-corrected chi connectivity index (χ0v) is 10.5. The number of hydrogen-bond acceptors (Lipinski definition) is 2. The summed E-state index contributed by atoms with van der Waals surface area (Å²) in [5, 5.41) is 5.50. The van der Waals surface area contributed by atoms with Gasteiger partial charge < -0.3 is 5.32 Å². The maximum atomic E-state index is 3.48. The Kier molecular flexibility index (Phi) is 4.99. The second-order valence-corrected chi connectivity index (χ2v) is 5.01. The van der Waals surface area contributed by atoms with Crippen LogP contribution in [0, 0.1) is 0 Å². The Hall–Kier alpha value is 0.140. The van der Waals surface area contributed by atoms with Crippen LogP contribution in [0.5, 0.6) is 0 Å². The van der Waals surface area contributed by atoms with Gasteiger partial charge in [0.15, 0.2) is 0 Å². The molecule has 0 amide bonds. The summed E-state index contributed by atoms with van der Waals surface area (Å²) in [6, 6.07) is 2.75. The first-order valence-corrected chi connectivity index (χ1v) is 6.36. The van der Waals surface area contributed by atoms with Crippen LogP contribution in [0.1, 0.15) is 37.1 Å². The van der Waals surface area contributed by atoms with Gasteiger partial charge >= 0.3 is 0 Å². The highest BCUT2D eigenvalue weighted by Gasteiger charge is 2.10. The summed E-state index contributed by atoms with van der Waals surface area (Å²) in [5.74, 6) is 0. The van der Waals surface area contributed by atoms with E-state index in [9.17, 15) is 0 Å². The van der Waals surface area contributed by atoms with Crippen LogP contribution >= 0.6 is 27.3 Å². The van der Waals surface area contributed by atoms with Crippen LogP contribution < -0.4 is 5.32 Å². The number of thiophene rings is 1. The van der Waals surface area contributed by atoms with Crippen molar-refractivity contribution < 1.29 is 0 Å². The van der Waals surface area contributed by atoms with Crippen LogP contribution in [0.2, 0.25) is 0 Å². The predicted molar refractivity (Wildman–Crippen MR) is 63.3 cm³/mol. The molecule has 0 spiro atoms. The summed E-state index contributed by atoms with van der Waals surface area (Å²) in [6.07, 6.45) is 3.80. The summed E-state index contributed by atoms with van der Waals surface area (Å²) in [7, 11) is 2.04. The number of hydrogen-bond donors (Lipinski definition) is 1. The quantitative estimate of drug-likeness (QED) is 0.846. The van der Waals surface area contributed by atoms with Gasteiger partial charge in [0.05, 0.1) is 0 Å². The average molecular weight is 262 g/mol. The summed E-state index contributed by atoms with van der Waals surface area (Å²) in [5.41, 5.74) is 0. The van der Waals surface area contributed by atoms with Gasteiger partial charge in [-0.2, -0.15) is 0 Å². The van der Waals surface area contributed by atoms with Crippen LogP contribution in [0.4, 0.5) is 0 Å². The van der Waals surface area contributed by atoms with E-state index in [2.05, 4.69) is 39.6 Å². The average Bonchev–Trinajstić information content (AvgIpc) is 2.54. The van der Waals surface area contributed by atoms with Gasteiger partial charge in [0, 0.05) is 20.8 Å². The molecule has 1 unspecified atom stereocenters. The maximum Gasteiger partial charge on any atom is 0.0412 e. The van der Waals surface area contributed by atoms with E-state index in [0.29, 0.717) is 6.04 Å². The van der Waals surface area contributed by atoms with E-state index in [4.69, 9.17) is 0 Å². The van der Waals surface area contributed by atoms with Crippen LogP contribution in [-0.4, -0.2) is 7.05 Å². The third kappa shape index (κ3) is 3.41. The molecule has 3 heteroatoms. The minimum absolute atomic E-state index is 0.538. The van der Waals surface area contributed by atoms with E-state index in [1.165, 1.54) is 28.6 Å². The fourth-order valence-corrected chi connectivity index (χ4v) is 2.94. The molecular weight excluding hydrogens is 246 g/mol. The van der Waals surface area contributed by atoms with Crippen molar-refractivity contribution in [2.24, 2.45) is 0 Å². The molecule has 0 saturated heterocycles. The lowest BCUT2D eigenvalue weighted by Gasteiger charge is -2.13. The van der Waals surface area contributed by atoms with Gasteiger partial charge in [-0.3, -0.25) is 0 Å². The fourth-order valence-electron chi connectivity index (χ4n) is 1.35. The molecule has 0 aliphatic heterocycles. The lowest BCUT2D eigenvalue weighted by atomic mass is 10.1. The van der Waals surface area contributed by atoms with Crippen molar-refractivity contribution in [3.05, 3.63) is 20.8 Å². The summed E-state index contributed by atoms with van der Waals surface area (Å²) in [4.78, 5) is 1.43. The molecule has 0 radical (unpaired) electrons. The standard InChI is InChI=1S/C10H16BrNS/c1-3-4-5-9(12-2)10-6-8(11)7-13-10/h6-7,9,12H,3-5H2,1-2H3. The summed E-state index contributed by atoms with van der Waals surface area (Å²) in [6.45, 7) is 2.23. The molecule has 1 aromatic heterocycles. The molecule has 1 aromatic rings. The van der Waals surface area contributed by atoms with E-state index >= 15 is 0 Å². The minimum atomic E-state index is 0.538. The Morgan fingerprint density at radius 3 is 2.85 bits per heavy atom. The predicted octanol–water partition coefficient (Wildman–Crippen LogP) is 3.96. The molecular formula is C10H16BrNS. The van der Waals surface area contributed by atoms with Crippen LogP contribution in [0.3, 0.4) is 0 Å². The SMILES string of the molecule is CCCCC(NC)c1cc(Br)cs1. The lowest BCUT2D eigenvalue weighted by Crippen LogP contribution is -2.14. The maximum absolute atomic E-state index is 3.48. The van der Waals surface area contributed by atoms with Gasteiger partial charge in [-0.05, 0) is 35.5 Å². The van der Waals surface area contributed by atoms with E-state index in [0.717, 1.165) is 0 Å². The normalized spacial score (nSPS) is 13.2. The third-order valence-corrected chi connectivity index (χ3v) is 3.93. The van der Waals surface area contributed by atoms with Gasteiger partial charge in [0.25, 0.3) is 0 Å². The Morgan fingerprint density at radius 2 is 2.38 bits per heavy atom. The van der Waals surface area contributed by atoms with Crippen molar-refractivity contribution in [1.82, 2.24) is 5.32 Å². The smallest absolute Gasteiger partial charge is 0.0412 e. The van der Waals surface area contributed by atoms with Crippen molar-refractivity contribution >= 4 is 27.3 Å². The van der Waals surface area contributed by atoms with E-state index in [1.807, 2.05) is 18.4 Å². The minimum Gasteiger partial charge on any atom is -0.312 e. The highest BCUT2D eigenvalue weighted by Crippen LogP contribution is 2.28. The molecule has 1 N–H and O–H groups in total. The van der Waals surface area contributed by atoms with Gasteiger partial charge in [-0.1, -0.05) is 19.8 Å². The zero-order valence-electron chi connectivity index (χ0n) is 8.14. The topological polar surface area (TPSA) is 12.0 Å². The zero-order chi connectivity index (χ0) is 9.68. The molecule has 0 aliphatic rings. The Labute approximate surface area is 92.7 Å². The van der Waals surface area contributed by atoms with Crippen molar-refractivity contribution in [2.45, 2.75) is 32.2 Å². The van der Waals surface area contributed by atoms with Gasteiger partial charge in [0.2, 0.25) is 0 Å². The molecule has 13 heavy (non-hydrogen) atoms. The fraction of sp³-hybridized carbons (Fsp3) is 0.600. The van der Waals surface area contributed by atoms with E-state index < -0.39 is 0 Å². The van der Waals surface area contributed by atoms with Crippen LogP contribution in [0.25, 0.3) is 0 Å². The Balaban J connectivity index is 2.56. The molecule has 74 valence electrons. The van der Waals surface area contributed by atoms with Gasteiger partial charge in [-0.25, -0.2) is 0 Å². The molecule has 1 rings (SSSR count). The number of halogens is 1. The number of unbranched alkanes of at least 4 members (excludes halogenated alkanes) is 1. The van der Waals surface area contributed by atoms with Crippen molar-refractivity contribution in [3.63, 3.8) is 0 Å². The molecule has 0 saturated carbocycles. The highest BCUT2D eigenvalue weighted by molar-refractivity contribution is 9.10. The molecule has 0 aliphatic carbocycles. The second kappa shape index (κ2) is 5.78. The van der Waals surface area contributed by atoms with Gasteiger partial charge in [-0.15, -0.1) is 11.3 Å². The molecule has 1 heterocycles. The lowest BCUT2D eigenvalue weighted by molar-refractivity contribution is 0.530. The van der Waals surface area contributed by atoms with Gasteiger partial charge in [0.1, 0.15) is 0 Å². The second-order valence-electron chi connectivity index (χ2n) is 3.15. The Bertz CT molecular complexity index is 247. The first-order valence-electron chi connectivity index (χ1n) is 4.69. The number of nitrogens with one attached hydrogen (secondary N) is 1. The first kappa shape index (κ1) is 11.2. The van der Waals surface area contributed by atoms with Crippen LogP contribution in [0.15, 0.2) is 15.9 Å². The third-order valence-electron chi connectivity index (χ3n) is 2.13. The van der Waals surface area contributed by atoms with E-state index in [-0.39, 0.29) is 0 Å². The molecule has 0 fully saturated rings. The molecule has 0 bridgehead atoms. The molecule has 0 aromatic carbocycles. The largest absolute Gasteiger partial charge is 0.312 e. The van der Waals surface area contributed by atoms with Crippen molar-refractivity contribution in [3.8, 4) is 0 Å². The summed E-state index contributed by atoms with van der Waals surface area (Å²) < 4.78 is 1.20. The Morgan fingerprint density at radius 1 is 1.62 bits per heavy atom. The summed E-state index contributed by atoms with van der Waals surface area (Å²) >= 11 is 5.30. The van der Waals surface area contributed by atoms with E-state index in [1.54, 1.807) is 0 Å². The van der Waals surface area contributed by atoms with Crippen LogP contribution in [-0.2, 0) is 0 Å². The van der Waals surface area contributed by atoms with Crippen molar-refractivity contribution in [2.75, 3.05) is 7.05 Å². The first-order chi connectivity index (χ1) is 6.27. The molecule has 1 atom stereocenters. The molecule has 1 nitrogen and oxygen atoms in total.